The van der Waals surface area contributed by atoms with Crippen LogP contribution in [0.3, 0.4) is 0 Å². The molecule has 0 fully saturated rings. The van der Waals surface area contributed by atoms with Crippen molar-refractivity contribution in [3.63, 3.8) is 0 Å². The van der Waals surface area contributed by atoms with Gasteiger partial charge in [-0.05, 0) is 0 Å². The van der Waals surface area contributed by atoms with Crippen molar-refractivity contribution in [3.05, 3.63) is 0 Å². The number of hydrogen-bond donors (Lipinski definition) is 2. The Bertz CT molecular complexity index is 44.4. The minimum atomic E-state index is -0.833. The molecule has 0 heterocycles. The van der Waals surface area contributed by atoms with Crippen LogP contribution in [0.5, 0.6) is 0 Å². The normalized spacial score (nSPS) is 2.00. The van der Waals surface area contributed by atoms with Gasteiger partial charge in [-0.2, -0.15) is 0 Å². The van der Waals surface area contributed by atoms with Crippen LogP contribution in [0, 0.1) is 0 Å². The molecule has 0 aromatic carbocycles. The summed E-state index contributed by atoms with van der Waals surface area (Å²) in [5.41, 5.74) is 8.50. The third-order valence-electron chi connectivity index (χ3n) is 0. The van der Waals surface area contributed by atoms with Crippen LogP contribution in [0.15, 0.2) is 0 Å². The van der Waals surface area contributed by atoms with Crippen molar-refractivity contribution >= 4 is 18.4 Å². The molecule has 0 bridgehead atoms. The van der Waals surface area contributed by atoms with Crippen LogP contribution in [0.4, 0.5) is 4.79 Å². The van der Waals surface area contributed by atoms with Crippen molar-refractivity contribution in [2.24, 2.45) is 11.5 Å². The van der Waals surface area contributed by atoms with Crippen LogP contribution in [-0.4, -0.2) is 38.9 Å². The summed E-state index contributed by atoms with van der Waals surface area (Å²) in [7, 11) is 0. The first-order chi connectivity index (χ1) is 1.73. The summed E-state index contributed by atoms with van der Waals surface area (Å²) in [6.07, 6.45) is 0. The zero-order valence-electron chi connectivity index (χ0n) is 6.05. The molecule has 0 saturated heterocycles. The van der Waals surface area contributed by atoms with E-state index in [1.807, 2.05) is 0 Å². The fraction of sp³-hybridized carbons (Fsp3) is 0. The van der Waals surface area contributed by atoms with E-state index in [2.05, 4.69) is 11.5 Å². The molecule has 9 nitrogen and oxygen atoms in total. The van der Waals surface area contributed by atoms with Crippen molar-refractivity contribution in [2.45, 2.75) is 0 Å². The molecule has 1 radical (unpaired) electrons. The van der Waals surface area contributed by atoms with E-state index in [0.29, 0.717) is 0 Å². The van der Waals surface area contributed by atoms with E-state index in [9.17, 15) is 0 Å². The Balaban J connectivity index is -0.00000000161. The first-order valence-electron chi connectivity index (χ1n) is 0.781. The smallest absolute Gasteiger partial charge is 0.309 e. The molecule has 0 unspecified atom stereocenters. The molecular formula is CH17ClN2O7Y. The van der Waals surface area contributed by atoms with Crippen molar-refractivity contribution in [2.75, 3.05) is 0 Å². The van der Waals surface area contributed by atoms with Gasteiger partial charge in [0.2, 0.25) is 0 Å². The molecule has 0 saturated carbocycles. The average molecular weight is 294 g/mol. The molecule has 0 aromatic rings. The molecule has 12 heavy (non-hydrogen) atoms. The predicted octanol–water partition coefficient (Wildman–Crippen LogP) is -5.51. The number of urea groups is 1. The molecule has 2 amide bonds. The molecule has 83 valence electrons. The summed E-state index contributed by atoms with van der Waals surface area (Å²) in [6.45, 7) is 0. The van der Waals surface area contributed by atoms with Crippen molar-refractivity contribution < 1.29 is 70.4 Å². The molecule has 0 aliphatic rings. The second-order valence-electron chi connectivity index (χ2n) is 0.402. The summed E-state index contributed by atoms with van der Waals surface area (Å²) < 4.78 is 0. The van der Waals surface area contributed by atoms with Gasteiger partial charge in [-0.3, -0.25) is 0 Å². The van der Waals surface area contributed by atoms with Crippen LogP contribution in [0.2, 0.25) is 0 Å². The minimum absolute atomic E-state index is 0. The van der Waals surface area contributed by atoms with Gasteiger partial charge < -0.3 is 44.3 Å². The Morgan fingerprint density at radius 1 is 0.750 bits per heavy atom. The zero-order valence-corrected chi connectivity index (χ0v) is 9.70. The number of hydrogen-bond acceptors (Lipinski definition) is 1. The second-order valence-corrected chi connectivity index (χ2v) is 0.402. The van der Waals surface area contributed by atoms with Crippen LogP contribution >= 0.6 is 12.4 Å². The Morgan fingerprint density at radius 2 is 0.750 bits per heavy atom. The quantitative estimate of drug-likeness (QED) is 0.434. The van der Waals surface area contributed by atoms with Gasteiger partial charge in [-0.1, -0.05) is 0 Å². The molecule has 0 spiro atoms. The zero-order chi connectivity index (χ0) is 3.58. The van der Waals surface area contributed by atoms with E-state index >= 15 is 0 Å². The molecule has 11 heteroatoms. The summed E-state index contributed by atoms with van der Waals surface area (Å²) in [6, 6.07) is -0.833. The molecule has 0 atom stereocenters. The van der Waals surface area contributed by atoms with Gasteiger partial charge in [-0.15, -0.1) is 12.4 Å². The maximum Gasteiger partial charge on any atom is 0.309 e. The van der Waals surface area contributed by atoms with Crippen LogP contribution in [0.25, 0.3) is 0 Å². The van der Waals surface area contributed by atoms with Crippen molar-refractivity contribution in [3.8, 4) is 0 Å². The number of halogens is 1. The third kappa shape index (κ3) is 5150. The number of carbonyl (C=O) groups excluding carboxylic acids is 1. The van der Waals surface area contributed by atoms with Crippen molar-refractivity contribution in [1.82, 2.24) is 0 Å². The molecule has 0 aliphatic heterocycles. The number of carbonyl (C=O) groups is 1. The van der Waals surface area contributed by atoms with E-state index in [4.69, 9.17) is 4.79 Å². The monoisotopic (exact) mass is 293 g/mol. The molecule has 16 N–H and O–H groups in total. The van der Waals surface area contributed by atoms with Gasteiger partial charge >= 0.3 is 6.03 Å². The van der Waals surface area contributed by atoms with E-state index in [0.717, 1.165) is 0 Å². The SMILES string of the molecule is Cl.NC(N)=O.O.O.O.O.O.O.[Y]. The van der Waals surface area contributed by atoms with Gasteiger partial charge in [0.05, 0.1) is 0 Å². The first-order valence-corrected chi connectivity index (χ1v) is 0.781. The Labute approximate surface area is 100 Å². The Hall–Kier alpha value is 0.424. The second kappa shape index (κ2) is 106. The average Bonchev–Trinajstić information content (AvgIpc) is 0.811. The molecule has 0 rings (SSSR count). The maximum absolute atomic E-state index is 9.00. The minimum Gasteiger partial charge on any atom is -0.412 e. The van der Waals surface area contributed by atoms with E-state index in [1.54, 1.807) is 0 Å². The van der Waals surface area contributed by atoms with E-state index in [1.165, 1.54) is 0 Å². The summed E-state index contributed by atoms with van der Waals surface area (Å²) in [5.74, 6) is 0. The fourth-order valence-electron chi connectivity index (χ4n) is 0. The summed E-state index contributed by atoms with van der Waals surface area (Å²) in [4.78, 5) is 9.00. The van der Waals surface area contributed by atoms with Gasteiger partial charge in [0.25, 0.3) is 0 Å². The van der Waals surface area contributed by atoms with E-state index < -0.39 is 6.03 Å². The maximum atomic E-state index is 9.00. The first kappa shape index (κ1) is 138. The Kier molecular flexibility index (Phi) is 1220. The molecular weight excluding hydrogens is 276 g/mol. The van der Waals surface area contributed by atoms with Crippen LogP contribution in [0.1, 0.15) is 0 Å². The van der Waals surface area contributed by atoms with Gasteiger partial charge in [0, 0.05) is 32.7 Å². The van der Waals surface area contributed by atoms with Crippen LogP contribution in [-0.2, 0) is 32.7 Å². The molecule has 0 aromatic heterocycles. The topological polar surface area (TPSA) is 258 Å². The number of nitrogens with two attached hydrogens (primary N) is 2. The van der Waals surface area contributed by atoms with Gasteiger partial charge in [0.15, 0.2) is 0 Å². The third-order valence-corrected chi connectivity index (χ3v) is 0. The predicted molar refractivity (Wildman–Crippen MR) is 42.7 cm³/mol. The number of rotatable bonds is 0. The van der Waals surface area contributed by atoms with Crippen LogP contribution < -0.4 is 11.5 Å². The summed E-state index contributed by atoms with van der Waals surface area (Å²) >= 11 is 0. The Morgan fingerprint density at radius 3 is 0.750 bits per heavy atom. The number of amides is 2. The van der Waals surface area contributed by atoms with E-state index in [-0.39, 0.29) is 78.0 Å². The number of primary amides is 2. The van der Waals surface area contributed by atoms with Gasteiger partial charge in [-0.25, -0.2) is 4.79 Å². The standard InChI is InChI=1S/CH4N2O.ClH.6H2O.Y/c2-1(3)4;;;;;;;;/h(H4,2,3,4);1H;6*1H2;. The molecule has 0 aliphatic carbocycles. The largest absolute Gasteiger partial charge is 0.412 e. The fourth-order valence-corrected chi connectivity index (χ4v) is 0. The van der Waals surface area contributed by atoms with Gasteiger partial charge in [0.1, 0.15) is 0 Å². The van der Waals surface area contributed by atoms with Crippen molar-refractivity contribution in [1.29, 1.82) is 0 Å². The summed E-state index contributed by atoms with van der Waals surface area (Å²) in [5, 5.41) is 0.